The summed E-state index contributed by atoms with van der Waals surface area (Å²) in [4.78, 5) is 7.07. The first-order valence-electron chi connectivity index (χ1n) is 7.50. The van der Waals surface area contributed by atoms with E-state index < -0.39 is 0 Å². The molecule has 21 heavy (non-hydrogen) atoms. The van der Waals surface area contributed by atoms with Crippen LogP contribution < -0.4 is 0 Å². The van der Waals surface area contributed by atoms with Crippen molar-refractivity contribution in [2.24, 2.45) is 13.0 Å². The lowest BCUT2D eigenvalue weighted by atomic mass is 9.93. The van der Waals surface area contributed by atoms with Crippen molar-refractivity contribution in [2.45, 2.75) is 12.5 Å². The van der Waals surface area contributed by atoms with Crippen LogP contribution >= 0.6 is 0 Å². The number of pyridine rings is 1. The predicted molar refractivity (Wildman–Crippen MR) is 83.0 cm³/mol. The van der Waals surface area contributed by atoms with Crippen LogP contribution in [0.1, 0.15) is 17.3 Å². The molecule has 4 heteroatoms. The summed E-state index contributed by atoms with van der Waals surface area (Å²) in [5.74, 6) is 0.983. The number of likely N-dealkylation sites (tertiary alicyclic amines) is 1. The standard InChI is InChI=1S/C17H23N3O/c1-19-9-5-6-15(19)11-20-10-14(13-21-2)16(12-20)17-7-3-4-8-18-17/h3-9,14,16H,10-13H2,1-2H3/t14-,16+/m0/s1. The van der Waals surface area contributed by atoms with Crippen LogP contribution in [0.4, 0.5) is 0 Å². The molecule has 3 rings (SSSR count). The summed E-state index contributed by atoms with van der Waals surface area (Å²) < 4.78 is 7.62. The second-order valence-electron chi connectivity index (χ2n) is 5.88. The molecule has 0 unspecified atom stereocenters. The lowest BCUT2D eigenvalue weighted by Gasteiger charge is -2.16. The van der Waals surface area contributed by atoms with Gasteiger partial charge in [0.05, 0.1) is 6.61 Å². The van der Waals surface area contributed by atoms with Crippen LogP contribution in [-0.2, 0) is 18.3 Å². The molecule has 2 aromatic rings. The number of ether oxygens (including phenoxy) is 1. The molecule has 3 heterocycles. The van der Waals surface area contributed by atoms with Crippen LogP contribution in [-0.4, -0.2) is 41.3 Å². The third kappa shape index (κ3) is 3.17. The van der Waals surface area contributed by atoms with Gasteiger partial charge in [0.25, 0.3) is 0 Å². The molecule has 0 saturated carbocycles. The predicted octanol–water partition coefficient (Wildman–Crippen LogP) is 2.28. The number of hydrogen-bond donors (Lipinski definition) is 0. The van der Waals surface area contributed by atoms with Gasteiger partial charge < -0.3 is 9.30 Å². The minimum absolute atomic E-state index is 0.464. The zero-order chi connectivity index (χ0) is 14.7. The third-order valence-corrected chi connectivity index (χ3v) is 4.40. The average molecular weight is 285 g/mol. The van der Waals surface area contributed by atoms with Gasteiger partial charge in [-0.05, 0) is 24.3 Å². The Morgan fingerprint density at radius 3 is 2.81 bits per heavy atom. The highest BCUT2D eigenvalue weighted by atomic mass is 16.5. The quantitative estimate of drug-likeness (QED) is 0.844. The van der Waals surface area contributed by atoms with Gasteiger partial charge in [-0.2, -0.15) is 0 Å². The van der Waals surface area contributed by atoms with E-state index in [0.29, 0.717) is 11.8 Å². The van der Waals surface area contributed by atoms with E-state index in [1.165, 1.54) is 11.4 Å². The summed E-state index contributed by atoms with van der Waals surface area (Å²) in [5, 5.41) is 0. The Kier molecular flexibility index (Phi) is 4.36. The molecule has 112 valence electrons. The summed E-state index contributed by atoms with van der Waals surface area (Å²) in [7, 11) is 3.89. The number of rotatable bonds is 5. The summed E-state index contributed by atoms with van der Waals surface area (Å²) in [5.41, 5.74) is 2.54. The van der Waals surface area contributed by atoms with Gasteiger partial charge in [-0.3, -0.25) is 9.88 Å². The largest absolute Gasteiger partial charge is 0.384 e. The summed E-state index contributed by atoms with van der Waals surface area (Å²) in [6, 6.07) is 10.5. The van der Waals surface area contributed by atoms with Crippen molar-refractivity contribution in [1.29, 1.82) is 0 Å². The highest BCUT2D eigenvalue weighted by Gasteiger charge is 2.34. The van der Waals surface area contributed by atoms with Gasteiger partial charge in [-0.15, -0.1) is 0 Å². The van der Waals surface area contributed by atoms with Crippen molar-refractivity contribution in [3.63, 3.8) is 0 Å². The van der Waals surface area contributed by atoms with E-state index >= 15 is 0 Å². The minimum Gasteiger partial charge on any atom is -0.384 e. The Bertz CT molecular complexity index is 566. The molecule has 2 aromatic heterocycles. The molecule has 1 fully saturated rings. The summed E-state index contributed by atoms with van der Waals surface area (Å²) in [6.45, 7) is 3.91. The van der Waals surface area contributed by atoms with Gasteiger partial charge in [-0.1, -0.05) is 6.07 Å². The van der Waals surface area contributed by atoms with Crippen molar-refractivity contribution in [3.8, 4) is 0 Å². The highest BCUT2D eigenvalue weighted by Crippen LogP contribution is 2.32. The van der Waals surface area contributed by atoms with Crippen LogP contribution in [0.15, 0.2) is 42.7 Å². The molecule has 2 atom stereocenters. The molecular formula is C17H23N3O. The molecule has 1 aliphatic heterocycles. The SMILES string of the molecule is COC[C@@H]1CN(Cc2cccn2C)C[C@H]1c1ccccn1. The molecule has 0 aliphatic carbocycles. The second-order valence-corrected chi connectivity index (χ2v) is 5.88. The van der Waals surface area contributed by atoms with Crippen LogP contribution in [0, 0.1) is 5.92 Å². The van der Waals surface area contributed by atoms with Gasteiger partial charge in [-0.25, -0.2) is 0 Å². The molecule has 0 radical (unpaired) electrons. The van der Waals surface area contributed by atoms with Gasteiger partial charge in [0.1, 0.15) is 0 Å². The van der Waals surface area contributed by atoms with Crippen molar-refractivity contribution in [2.75, 3.05) is 26.8 Å². The Labute approximate surface area is 126 Å². The van der Waals surface area contributed by atoms with Gasteiger partial charge in [0.15, 0.2) is 0 Å². The number of nitrogens with zero attached hydrogens (tertiary/aromatic N) is 3. The first-order chi connectivity index (χ1) is 10.3. The van der Waals surface area contributed by atoms with E-state index in [4.69, 9.17) is 4.74 Å². The van der Waals surface area contributed by atoms with E-state index in [1.54, 1.807) is 7.11 Å². The van der Waals surface area contributed by atoms with Gasteiger partial charge in [0, 0.05) is 69.4 Å². The molecule has 0 N–H and O–H groups in total. The van der Waals surface area contributed by atoms with E-state index in [2.05, 4.69) is 52.0 Å². The van der Waals surface area contributed by atoms with Crippen molar-refractivity contribution in [1.82, 2.24) is 14.5 Å². The van der Waals surface area contributed by atoms with Gasteiger partial charge >= 0.3 is 0 Å². The molecule has 4 nitrogen and oxygen atoms in total. The molecule has 1 saturated heterocycles. The van der Waals surface area contributed by atoms with E-state index in [-0.39, 0.29) is 0 Å². The summed E-state index contributed by atoms with van der Waals surface area (Å²) >= 11 is 0. The number of aromatic nitrogens is 2. The maximum Gasteiger partial charge on any atom is 0.0509 e. The fourth-order valence-corrected chi connectivity index (χ4v) is 3.29. The van der Waals surface area contributed by atoms with Crippen molar-refractivity contribution in [3.05, 3.63) is 54.1 Å². The molecule has 0 amide bonds. The summed E-state index contributed by atoms with van der Waals surface area (Å²) in [6.07, 6.45) is 3.99. The topological polar surface area (TPSA) is 30.3 Å². The lowest BCUT2D eigenvalue weighted by molar-refractivity contribution is 0.146. The van der Waals surface area contributed by atoms with E-state index in [0.717, 1.165) is 26.2 Å². The zero-order valence-electron chi connectivity index (χ0n) is 12.8. The van der Waals surface area contributed by atoms with Crippen LogP contribution in [0.5, 0.6) is 0 Å². The number of methoxy groups -OCH3 is 1. The smallest absolute Gasteiger partial charge is 0.0509 e. The number of aryl methyl sites for hydroxylation is 1. The van der Waals surface area contributed by atoms with E-state index in [9.17, 15) is 0 Å². The fraction of sp³-hybridized carbons (Fsp3) is 0.471. The van der Waals surface area contributed by atoms with Crippen molar-refractivity contribution < 1.29 is 4.74 Å². The highest BCUT2D eigenvalue weighted by molar-refractivity contribution is 5.15. The van der Waals surface area contributed by atoms with Crippen molar-refractivity contribution >= 4 is 0 Å². The lowest BCUT2D eigenvalue weighted by Crippen LogP contribution is -2.22. The first-order valence-corrected chi connectivity index (χ1v) is 7.50. The third-order valence-electron chi connectivity index (χ3n) is 4.40. The van der Waals surface area contributed by atoms with Crippen LogP contribution in [0.2, 0.25) is 0 Å². The van der Waals surface area contributed by atoms with Crippen LogP contribution in [0.3, 0.4) is 0 Å². The average Bonchev–Trinajstić information content (AvgIpc) is 3.08. The molecule has 0 bridgehead atoms. The first kappa shape index (κ1) is 14.3. The van der Waals surface area contributed by atoms with Gasteiger partial charge in [0.2, 0.25) is 0 Å². The molecule has 0 aromatic carbocycles. The van der Waals surface area contributed by atoms with E-state index in [1.807, 2.05) is 12.3 Å². The monoisotopic (exact) mass is 285 g/mol. The number of hydrogen-bond acceptors (Lipinski definition) is 3. The Hall–Kier alpha value is -1.65. The molecule has 0 spiro atoms. The fourth-order valence-electron chi connectivity index (χ4n) is 3.29. The maximum absolute atomic E-state index is 5.43. The zero-order valence-corrected chi connectivity index (χ0v) is 12.8. The minimum atomic E-state index is 0.464. The molecule has 1 aliphatic rings. The maximum atomic E-state index is 5.43. The second kappa shape index (κ2) is 6.41. The Morgan fingerprint density at radius 1 is 1.24 bits per heavy atom. The molecular weight excluding hydrogens is 262 g/mol. The normalized spacial score (nSPS) is 22.8. The van der Waals surface area contributed by atoms with Crippen LogP contribution in [0.25, 0.3) is 0 Å². The Morgan fingerprint density at radius 2 is 2.14 bits per heavy atom. The Balaban J connectivity index is 1.73.